The number of alkyl carbamates (subject to hydrolysis) is 1. The van der Waals surface area contributed by atoms with Crippen molar-refractivity contribution in [1.29, 1.82) is 0 Å². The number of carbonyl (C=O) groups excluding carboxylic acids is 3. The molecule has 2 amide bonds. The minimum Gasteiger partial charge on any atom is -0.493 e. The van der Waals surface area contributed by atoms with Crippen LogP contribution in [-0.4, -0.2) is 63.9 Å². The van der Waals surface area contributed by atoms with Crippen molar-refractivity contribution in [2.45, 2.75) is 78.5 Å². The minimum absolute atomic E-state index is 0.169. The van der Waals surface area contributed by atoms with Gasteiger partial charge < -0.3 is 48.5 Å². The molecule has 0 saturated carbocycles. The van der Waals surface area contributed by atoms with E-state index in [4.69, 9.17) is 37.9 Å². The fourth-order valence-corrected chi connectivity index (χ4v) is 7.85. The van der Waals surface area contributed by atoms with Crippen molar-refractivity contribution in [3.8, 4) is 73.6 Å². The lowest BCUT2D eigenvalue weighted by atomic mass is 10.0. The summed E-state index contributed by atoms with van der Waals surface area (Å²) in [6.45, 7) is 9.16. The molecule has 2 unspecified atom stereocenters. The highest BCUT2D eigenvalue weighted by atomic mass is 16.6. The van der Waals surface area contributed by atoms with Gasteiger partial charge in [0.15, 0.2) is 40.3 Å². The molecule has 0 aliphatic carbocycles. The Morgan fingerprint density at radius 2 is 0.824 bits per heavy atom. The SMILES string of the molecule is COc1ccc(-c2ccc(COc3ccc(-c4ccc(COc5ccc(CC(NC(=O)OC(C)(C)C)C(=O)NC(C)C(C)=O)cc5)cc4)cc3OCc3ccc(-c4ccc(OC)c(OC)c4)cc3)cc2)cc1OC. The number of hydrogen-bond donors (Lipinski definition) is 2. The summed E-state index contributed by atoms with van der Waals surface area (Å²) in [4.78, 5) is 37.7. The van der Waals surface area contributed by atoms with Gasteiger partial charge in [0.2, 0.25) is 5.91 Å². The Balaban J connectivity index is 1.03. The van der Waals surface area contributed by atoms with Crippen LogP contribution in [0.1, 0.15) is 56.9 Å². The van der Waals surface area contributed by atoms with E-state index in [-0.39, 0.29) is 12.2 Å². The van der Waals surface area contributed by atoms with Crippen LogP contribution in [-0.2, 0) is 40.6 Å². The van der Waals surface area contributed by atoms with Gasteiger partial charge in [-0.1, -0.05) is 103 Å². The molecule has 13 nitrogen and oxygen atoms in total. The Kier molecular flexibility index (Phi) is 17.9. The second-order valence-corrected chi connectivity index (χ2v) is 18.6. The van der Waals surface area contributed by atoms with E-state index in [0.717, 1.165) is 55.6 Å². The average Bonchev–Trinajstić information content (AvgIpc) is 3.41. The molecular weight excluding hydrogens is 937 g/mol. The number of ketones is 1. The van der Waals surface area contributed by atoms with Gasteiger partial charge in [-0.3, -0.25) is 9.59 Å². The zero-order valence-electron chi connectivity index (χ0n) is 43.4. The molecule has 0 fully saturated rings. The monoisotopic (exact) mass is 1000 g/mol. The van der Waals surface area contributed by atoms with Gasteiger partial charge >= 0.3 is 6.09 Å². The third-order valence-electron chi connectivity index (χ3n) is 12.1. The molecule has 0 aliphatic heterocycles. The lowest BCUT2D eigenvalue weighted by Crippen LogP contribution is -2.52. The van der Waals surface area contributed by atoms with E-state index in [9.17, 15) is 14.4 Å². The quantitative estimate of drug-likeness (QED) is 0.0668. The predicted octanol–water partition coefficient (Wildman–Crippen LogP) is 12.0. The average molecular weight is 1000 g/mol. The number of Topliss-reactive ketones (excluding diaryl/α,β-unsaturated/α-hetero) is 1. The standard InChI is InChI=1S/C61H64N2O11/c1-39(40(2)64)62-59(65)52(63-60(66)74-61(3,4)5)32-41-16-27-51(28-17-41)71-36-42-10-18-47(19-11-42)50-26-31-55(72-37-43-12-20-45(21-13-43)48-24-29-53(67-6)56(33-48)69-8)58(35-50)73-38-44-14-22-46(23-15-44)49-25-30-54(68-7)57(34-49)70-9/h10-31,33-35,39,52H,32,36-38H2,1-9H3,(H,62,65)(H,63,66). The number of benzene rings is 7. The summed E-state index contributed by atoms with van der Waals surface area (Å²) in [5, 5.41) is 5.33. The van der Waals surface area contributed by atoms with E-state index in [2.05, 4.69) is 34.9 Å². The fourth-order valence-electron chi connectivity index (χ4n) is 7.85. The van der Waals surface area contributed by atoms with E-state index in [1.807, 2.05) is 127 Å². The van der Waals surface area contributed by atoms with Gasteiger partial charge in [-0.25, -0.2) is 4.79 Å². The summed E-state index contributed by atoms with van der Waals surface area (Å²) in [6, 6.07) is 47.9. The van der Waals surface area contributed by atoms with Gasteiger partial charge in [0.25, 0.3) is 0 Å². The van der Waals surface area contributed by atoms with Gasteiger partial charge in [0, 0.05) is 6.42 Å². The first kappa shape index (κ1) is 53.4. The van der Waals surface area contributed by atoms with Crippen molar-refractivity contribution in [1.82, 2.24) is 10.6 Å². The maximum absolute atomic E-state index is 13.2. The van der Waals surface area contributed by atoms with Gasteiger partial charge in [-0.15, -0.1) is 0 Å². The van der Waals surface area contributed by atoms with Crippen molar-refractivity contribution in [3.05, 3.63) is 174 Å². The first-order chi connectivity index (χ1) is 35.6. The zero-order chi connectivity index (χ0) is 52.8. The van der Waals surface area contributed by atoms with Crippen LogP contribution in [0.4, 0.5) is 4.79 Å². The number of ether oxygens (including phenoxy) is 8. The summed E-state index contributed by atoms with van der Waals surface area (Å²) in [5.74, 6) is 3.82. The second kappa shape index (κ2) is 24.8. The third kappa shape index (κ3) is 14.6. The molecule has 0 radical (unpaired) electrons. The highest BCUT2D eigenvalue weighted by molar-refractivity contribution is 5.91. The summed E-state index contributed by atoms with van der Waals surface area (Å²) in [6.07, 6.45) is -0.560. The van der Waals surface area contributed by atoms with E-state index in [1.165, 1.54) is 6.92 Å². The van der Waals surface area contributed by atoms with Crippen LogP contribution in [0.25, 0.3) is 33.4 Å². The zero-order valence-corrected chi connectivity index (χ0v) is 43.4. The first-order valence-corrected chi connectivity index (χ1v) is 24.3. The van der Waals surface area contributed by atoms with Crippen LogP contribution in [0.5, 0.6) is 40.2 Å². The fraction of sp³-hybridized carbons (Fsp3) is 0.262. The molecule has 0 heterocycles. The molecule has 74 heavy (non-hydrogen) atoms. The van der Waals surface area contributed by atoms with E-state index in [0.29, 0.717) is 60.1 Å². The molecule has 0 saturated heterocycles. The molecule has 0 bridgehead atoms. The van der Waals surface area contributed by atoms with Crippen molar-refractivity contribution in [2.24, 2.45) is 0 Å². The maximum atomic E-state index is 13.2. The van der Waals surface area contributed by atoms with Crippen LogP contribution >= 0.6 is 0 Å². The van der Waals surface area contributed by atoms with Crippen molar-refractivity contribution in [3.63, 3.8) is 0 Å². The molecule has 7 aromatic carbocycles. The molecule has 2 N–H and O–H groups in total. The molecular formula is C61H64N2O11. The topological polar surface area (TPSA) is 149 Å². The van der Waals surface area contributed by atoms with E-state index >= 15 is 0 Å². The lowest BCUT2D eigenvalue weighted by Gasteiger charge is -2.24. The smallest absolute Gasteiger partial charge is 0.408 e. The van der Waals surface area contributed by atoms with Crippen molar-refractivity contribution >= 4 is 17.8 Å². The number of methoxy groups -OCH3 is 4. The van der Waals surface area contributed by atoms with Gasteiger partial charge in [0.05, 0.1) is 34.5 Å². The Labute approximate surface area is 433 Å². The summed E-state index contributed by atoms with van der Waals surface area (Å²) >= 11 is 0. The summed E-state index contributed by atoms with van der Waals surface area (Å²) < 4.78 is 46.5. The van der Waals surface area contributed by atoms with Crippen LogP contribution in [0.2, 0.25) is 0 Å². The highest BCUT2D eigenvalue weighted by Gasteiger charge is 2.26. The Morgan fingerprint density at radius 3 is 1.24 bits per heavy atom. The number of carbonyl (C=O) groups is 3. The highest BCUT2D eigenvalue weighted by Crippen LogP contribution is 2.37. The van der Waals surface area contributed by atoms with Crippen molar-refractivity contribution in [2.75, 3.05) is 28.4 Å². The Bertz CT molecular complexity index is 3000. The molecule has 384 valence electrons. The molecule has 7 rings (SSSR count). The summed E-state index contributed by atoms with van der Waals surface area (Å²) in [5.41, 5.74) is 8.97. The van der Waals surface area contributed by atoms with Gasteiger partial charge in [-0.2, -0.15) is 0 Å². The van der Waals surface area contributed by atoms with Crippen LogP contribution in [0.3, 0.4) is 0 Å². The third-order valence-corrected chi connectivity index (χ3v) is 12.1. The predicted molar refractivity (Wildman–Crippen MR) is 286 cm³/mol. The van der Waals surface area contributed by atoms with Crippen molar-refractivity contribution < 1.29 is 52.3 Å². The normalized spacial score (nSPS) is 11.9. The molecule has 0 spiro atoms. The number of hydrogen-bond acceptors (Lipinski definition) is 11. The molecule has 0 aliphatic rings. The Morgan fingerprint density at radius 1 is 0.446 bits per heavy atom. The number of amides is 2. The second-order valence-electron chi connectivity index (χ2n) is 18.6. The summed E-state index contributed by atoms with van der Waals surface area (Å²) in [7, 11) is 6.50. The largest absolute Gasteiger partial charge is 0.493 e. The lowest BCUT2D eigenvalue weighted by molar-refractivity contribution is -0.127. The molecule has 0 aromatic heterocycles. The first-order valence-electron chi connectivity index (χ1n) is 24.3. The number of nitrogens with one attached hydrogen (secondary N) is 2. The van der Waals surface area contributed by atoms with E-state index in [1.54, 1.807) is 56.1 Å². The molecule has 2 atom stereocenters. The van der Waals surface area contributed by atoms with Gasteiger partial charge in [0.1, 0.15) is 37.2 Å². The number of rotatable bonds is 22. The molecule has 7 aromatic rings. The minimum atomic E-state index is -0.973. The van der Waals surface area contributed by atoms with Gasteiger partial charge in [-0.05, 0) is 139 Å². The van der Waals surface area contributed by atoms with Crippen LogP contribution < -0.4 is 43.8 Å². The Hall–Kier alpha value is -8.45. The van der Waals surface area contributed by atoms with E-state index < -0.39 is 29.7 Å². The molecule has 13 heteroatoms. The van der Waals surface area contributed by atoms with Crippen LogP contribution in [0.15, 0.2) is 152 Å². The van der Waals surface area contributed by atoms with Crippen LogP contribution in [0, 0.1) is 0 Å². The maximum Gasteiger partial charge on any atom is 0.408 e.